The van der Waals surface area contributed by atoms with E-state index in [1.54, 1.807) is 11.8 Å². The number of likely N-dealkylation sites (tertiary alicyclic amines) is 1. The summed E-state index contributed by atoms with van der Waals surface area (Å²) in [6.45, 7) is 14.2. The maximum Gasteiger partial charge on any atom is 0.410 e. The van der Waals surface area contributed by atoms with Gasteiger partial charge >= 0.3 is 18.0 Å². The van der Waals surface area contributed by atoms with Crippen molar-refractivity contribution >= 4 is 23.7 Å². The number of hydrogen-bond donors (Lipinski definition) is 1. The molecule has 1 fully saturated rings. The predicted octanol–water partition coefficient (Wildman–Crippen LogP) is 4.42. The van der Waals surface area contributed by atoms with Crippen LogP contribution in [0.25, 0.3) is 0 Å². The van der Waals surface area contributed by atoms with Crippen LogP contribution < -0.4 is 5.32 Å². The minimum absolute atomic E-state index is 0.0430. The normalized spacial score (nSPS) is 17.1. The quantitative estimate of drug-likeness (QED) is 0.438. The summed E-state index contributed by atoms with van der Waals surface area (Å²) in [7, 11) is 0. The van der Waals surface area contributed by atoms with Gasteiger partial charge in [-0.05, 0) is 84.9 Å². The third-order valence-electron chi connectivity index (χ3n) is 5.28. The third-order valence-corrected chi connectivity index (χ3v) is 5.28. The molecule has 8 heteroatoms. The topological polar surface area (TPSA) is 94.2 Å². The van der Waals surface area contributed by atoms with Crippen molar-refractivity contribution in [3.63, 3.8) is 0 Å². The molecule has 8 nitrogen and oxygen atoms in total. The molecule has 190 valence electrons. The second-order valence-corrected chi connectivity index (χ2v) is 10.7. The van der Waals surface area contributed by atoms with E-state index in [0.717, 1.165) is 11.3 Å². The van der Waals surface area contributed by atoms with Crippen LogP contribution in [0.5, 0.6) is 0 Å². The van der Waals surface area contributed by atoms with Gasteiger partial charge in [-0.15, -0.1) is 0 Å². The van der Waals surface area contributed by atoms with E-state index in [1.807, 2.05) is 65.8 Å². The van der Waals surface area contributed by atoms with Gasteiger partial charge in [0, 0.05) is 18.8 Å². The summed E-state index contributed by atoms with van der Waals surface area (Å²) in [5, 5.41) is 3.06. The molecule has 1 aliphatic rings. The van der Waals surface area contributed by atoms with Gasteiger partial charge in [0.05, 0.1) is 12.5 Å². The number of ether oxygens (including phenoxy) is 3. The largest absolute Gasteiger partial charge is 0.465 e. The van der Waals surface area contributed by atoms with E-state index in [0.29, 0.717) is 32.5 Å². The highest BCUT2D eigenvalue weighted by Gasteiger charge is 2.39. The summed E-state index contributed by atoms with van der Waals surface area (Å²) >= 11 is 0. The molecule has 0 aromatic heterocycles. The zero-order valence-corrected chi connectivity index (χ0v) is 21.6. The van der Waals surface area contributed by atoms with Crippen molar-refractivity contribution in [1.29, 1.82) is 0 Å². The van der Waals surface area contributed by atoms with Crippen molar-refractivity contribution < 1.29 is 28.6 Å². The summed E-state index contributed by atoms with van der Waals surface area (Å²) in [5.74, 6) is -1.05. The Morgan fingerprint density at radius 2 is 1.76 bits per heavy atom. The first-order valence-electron chi connectivity index (χ1n) is 12.0. The van der Waals surface area contributed by atoms with Crippen LogP contribution in [0.3, 0.4) is 0 Å². The van der Waals surface area contributed by atoms with Gasteiger partial charge in [-0.2, -0.15) is 0 Å². The number of hydrogen-bond acceptors (Lipinski definition) is 7. The molecule has 1 heterocycles. The molecule has 0 saturated carbocycles. The fourth-order valence-electron chi connectivity index (χ4n) is 3.88. The molecule has 1 amide bonds. The molecule has 34 heavy (non-hydrogen) atoms. The van der Waals surface area contributed by atoms with Crippen molar-refractivity contribution in [2.45, 2.75) is 72.5 Å². The van der Waals surface area contributed by atoms with E-state index in [1.165, 1.54) is 0 Å². The number of rotatable bonds is 8. The molecule has 1 N–H and O–H groups in total. The number of esters is 2. The molecule has 0 bridgehead atoms. The fraction of sp³-hybridized carbons (Fsp3) is 0.654. The lowest BCUT2D eigenvalue weighted by molar-refractivity contribution is -0.162. The SMILES string of the molecule is CCOC(=O)CNc1cccc(C[C@H](C(=O)OC(C)(C)C)[C@H]2CCN(C(=O)OC(C)(C)C)C2)c1. The van der Waals surface area contributed by atoms with Crippen LogP contribution in [0.15, 0.2) is 24.3 Å². The van der Waals surface area contributed by atoms with Gasteiger partial charge in [0.25, 0.3) is 0 Å². The van der Waals surface area contributed by atoms with Gasteiger partial charge in [0.2, 0.25) is 0 Å². The number of carbonyl (C=O) groups is 3. The molecule has 2 atom stereocenters. The number of anilines is 1. The average Bonchev–Trinajstić information content (AvgIpc) is 3.18. The van der Waals surface area contributed by atoms with Gasteiger partial charge in [0.15, 0.2) is 0 Å². The Morgan fingerprint density at radius 1 is 1.09 bits per heavy atom. The Bertz CT molecular complexity index is 856. The molecule has 1 saturated heterocycles. The summed E-state index contributed by atoms with van der Waals surface area (Å²) in [6.07, 6.45) is 0.809. The van der Waals surface area contributed by atoms with Crippen LogP contribution in [0.2, 0.25) is 0 Å². The van der Waals surface area contributed by atoms with Crippen LogP contribution in [-0.4, -0.2) is 60.4 Å². The van der Waals surface area contributed by atoms with Crippen molar-refractivity contribution in [3.8, 4) is 0 Å². The summed E-state index contributed by atoms with van der Waals surface area (Å²) in [5.41, 5.74) is 0.536. The Kier molecular flexibility index (Phi) is 9.36. The van der Waals surface area contributed by atoms with E-state index in [-0.39, 0.29) is 30.5 Å². The summed E-state index contributed by atoms with van der Waals surface area (Å²) in [4.78, 5) is 39.1. The zero-order chi connectivity index (χ0) is 25.5. The minimum atomic E-state index is -0.609. The predicted molar refractivity (Wildman–Crippen MR) is 131 cm³/mol. The molecule has 2 rings (SSSR count). The first-order chi connectivity index (χ1) is 15.8. The first-order valence-corrected chi connectivity index (χ1v) is 12.0. The molecule has 0 aliphatic carbocycles. The molecule has 1 aliphatic heterocycles. The highest BCUT2D eigenvalue weighted by Crippen LogP contribution is 2.31. The Balaban J connectivity index is 2.14. The average molecular weight is 477 g/mol. The lowest BCUT2D eigenvalue weighted by atomic mass is 9.86. The Morgan fingerprint density at radius 3 is 2.38 bits per heavy atom. The second-order valence-electron chi connectivity index (χ2n) is 10.7. The standard InChI is InChI=1S/C26H40N2O6/c1-8-32-22(29)16-27-20-11-9-10-18(14-20)15-21(23(30)33-25(2,3)4)19-12-13-28(17-19)24(31)34-26(5,6)7/h9-11,14,19,21,27H,8,12-13,15-17H2,1-7H3/t19-,21-/m0/s1. The highest BCUT2D eigenvalue weighted by atomic mass is 16.6. The summed E-state index contributed by atoms with van der Waals surface area (Å²) < 4.78 is 16.2. The maximum atomic E-state index is 13.2. The minimum Gasteiger partial charge on any atom is -0.465 e. The van der Waals surface area contributed by atoms with Gasteiger partial charge in [-0.1, -0.05) is 12.1 Å². The smallest absolute Gasteiger partial charge is 0.410 e. The van der Waals surface area contributed by atoms with Crippen molar-refractivity contribution in [1.82, 2.24) is 4.90 Å². The van der Waals surface area contributed by atoms with E-state index in [9.17, 15) is 14.4 Å². The van der Waals surface area contributed by atoms with Crippen LogP contribution in [0, 0.1) is 11.8 Å². The van der Waals surface area contributed by atoms with Crippen LogP contribution >= 0.6 is 0 Å². The lowest BCUT2D eigenvalue weighted by Crippen LogP contribution is -2.38. The third kappa shape index (κ3) is 9.23. The second kappa shape index (κ2) is 11.6. The monoisotopic (exact) mass is 476 g/mol. The zero-order valence-electron chi connectivity index (χ0n) is 21.6. The number of amides is 1. The molecule has 0 radical (unpaired) electrons. The molecule has 1 aromatic carbocycles. The maximum absolute atomic E-state index is 13.2. The molecular weight excluding hydrogens is 436 g/mol. The first kappa shape index (κ1) is 27.5. The van der Waals surface area contributed by atoms with Crippen molar-refractivity contribution in [2.75, 3.05) is 31.6 Å². The number of nitrogens with zero attached hydrogens (tertiary/aromatic N) is 1. The van der Waals surface area contributed by atoms with E-state index < -0.39 is 17.1 Å². The highest BCUT2D eigenvalue weighted by molar-refractivity contribution is 5.76. The number of nitrogens with one attached hydrogen (secondary N) is 1. The Hall–Kier alpha value is -2.77. The van der Waals surface area contributed by atoms with Crippen LogP contribution in [0.4, 0.5) is 10.5 Å². The van der Waals surface area contributed by atoms with Gasteiger partial charge < -0.3 is 24.4 Å². The van der Waals surface area contributed by atoms with Crippen LogP contribution in [-0.2, 0) is 30.2 Å². The number of benzene rings is 1. The molecular formula is C26H40N2O6. The van der Waals surface area contributed by atoms with E-state index >= 15 is 0 Å². The molecule has 0 unspecified atom stereocenters. The lowest BCUT2D eigenvalue weighted by Gasteiger charge is -2.28. The van der Waals surface area contributed by atoms with Gasteiger partial charge in [-0.3, -0.25) is 9.59 Å². The van der Waals surface area contributed by atoms with Gasteiger partial charge in [-0.25, -0.2) is 4.79 Å². The fourth-order valence-corrected chi connectivity index (χ4v) is 3.88. The van der Waals surface area contributed by atoms with Crippen molar-refractivity contribution in [3.05, 3.63) is 29.8 Å². The number of carbonyl (C=O) groups excluding carboxylic acids is 3. The molecule has 0 spiro atoms. The van der Waals surface area contributed by atoms with Crippen LogP contribution in [0.1, 0.15) is 60.5 Å². The van der Waals surface area contributed by atoms with E-state index in [2.05, 4.69) is 5.32 Å². The van der Waals surface area contributed by atoms with Crippen molar-refractivity contribution in [2.24, 2.45) is 11.8 Å². The van der Waals surface area contributed by atoms with E-state index in [4.69, 9.17) is 14.2 Å². The Labute approximate surface area is 203 Å². The molecule has 1 aromatic rings. The summed E-state index contributed by atoms with van der Waals surface area (Å²) in [6, 6.07) is 7.63. The van der Waals surface area contributed by atoms with Gasteiger partial charge in [0.1, 0.15) is 17.7 Å².